The summed E-state index contributed by atoms with van der Waals surface area (Å²) in [7, 11) is 2.50. The number of hydrogen-bond donors (Lipinski definition) is 1. The molecule has 17 heavy (non-hydrogen) atoms. The SMILES string of the molecule is COC(=O)Cc1cc(OC)nc(N)c1C(F)F. The molecule has 0 fully saturated rings. The van der Waals surface area contributed by atoms with E-state index in [1.54, 1.807) is 0 Å². The Kier molecular flexibility index (Phi) is 4.19. The second-order valence-electron chi connectivity index (χ2n) is 3.18. The molecule has 1 aromatic heterocycles. The van der Waals surface area contributed by atoms with Crippen molar-refractivity contribution in [2.75, 3.05) is 20.0 Å². The summed E-state index contributed by atoms with van der Waals surface area (Å²) in [6, 6.07) is 1.24. The minimum Gasteiger partial charge on any atom is -0.481 e. The molecule has 1 heterocycles. The summed E-state index contributed by atoms with van der Waals surface area (Å²) >= 11 is 0. The van der Waals surface area contributed by atoms with Crippen molar-refractivity contribution < 1.29 is 23.0 Å². The van der Waals surface area contributed by atoms with Gasteiger partial charge in [0.15, 0.2) is 0 Å². The molecule has 0 unspecified atom stereocenters. The van der Waals surface area contributed by atoms with Gasteiger partial charge in [0.1, 0.15) is 5.82 Å². The maximum Gasteiger partial charge on any atom is 0.309 e. The van der Waals surface area contributed by atoms with Crippen LogP contribution < -0.4 is 10.5 Å². The summed E-state index contributed by atoms with van der Waals surface area (Å²) < 4.78 is 34.7. The Hall–Kier alpha value is -1.92. The van der Waals surface area contributed by atoms with Crippen molar-refractivity contribution in [3.8, 4) is 5.88 Å². The molecule has 0 radical (unpaired) electrons. The smallest absolute Gasteiger partial charge is 0.309 e. The van der Waals surface area contributed by atoms with E-state index in [2.05, 4.69) is 9.72 Å². The summed E-state index contributed by atoms with van der Waals surface area (Å²) in [4.78, 5) is 14.7. The Bertz CT molecular complexity index is 424. The van der Waals surface area contributed by atoms with Gasteiger partial charge < -0.3 is 15.2 Å². The van der Waals surface area contributed by atoms with E-state index in [1.807, 2.05) is 0 Å². The molecule has 0 aromatic carbocycles. The number of aromatic nitrogens is 1. The van der Waals surface area contributed by atoms with Gasteiger partial charge in [0.2, 0.25) is 5.88 Å². The number of carbonyl (C=O) groups excluding carboxylic acids is 1. The first-order valence-corrected chi connectivity index (χ1v) is 4.67. The number of carbonyl (C=O) groups is 1. The third kappa shape index (κ3) is 3.02. The minimum atomic E-state index is -2.81. The Morgan fingerprint density at radius 2 is 2.18 bits per heavy atom. The summed E-state index contributed by atoms with van der Waals surface area (Å²) in [6.07, 6.45) is -3.12. The highest BCUT2D eigenvalue weighted by molar-refractivity contribution is 5.73. The van der Waals surface area contributed by atoms with Crippen LogP contribution >= 0.6 is 0 Å². The van der Waals surface area contributed by atoms with Crippen molar-refractivity contribution in [3.05, 3.63) is 17.2 Å². The van der Waals surface area contributed by atoms with Crippen LogP contribution in [-0.2, 0) is 16.0 Å². The highest BCUT2D eigenvalue weighted by atomic mass is 19.3. The maximum absolute atomic E-state index is 12.8. The standard InChI is InChI=1S/C10H12F2N2O3/c1-16-6-3-5(4-7(15)17-2)8(9(11)12)10(13)14-6/h3,9H,4H2,1-2H3,(H2,13,14). The van der Waals surface area contributed by atoms with Crippen molar-refractivity contribution in [1.82, 2.24) is 4.98 Å². The molecule has 2 N–H and O–H groups in total. The van der Waals surface area contributed by atoms with Crippen LogP contribution in [0.5, 0.6) is 5.88 Å². The normalized spacial score (nSPS) is 10.4. The summed E-state index contributed by atoms with van der Waals surface area (Å²) in [6.45, 7) is 0. The van der Waals surface area contributed by atoms with Gasteiger partial charge in [0.05, 0.1) is 26.2 Å². The molecule has 1 rings (SSSR count). The third-order valence-electron chi connectivity index (χ3n) is 2.14. The monoisotopic (exact) mass is 246 g/mol. The van der Waals surface area contributed by atoms with E-state index in [0.717, 1.165) is 0 Å². The molecule has 0 atom stereocenters. The number of pyridine rings is 1. The quantitative estimate of drug-likeness (QED) is 0.811. The minimum absolute atomic E-state index is 0.0520. The first-order chi connectivity index (χ1) is 7.99. The second kappa shape index (κ2) is 5.42. The number of nitrogen functional groups attached to an aromatic ring is 1. The van der Waals surface area contributed by atoms with Crippen LogP contribution in [-0.4, -0.2) is 25.2 Å². The fourth-order valence-corrected chi connectivity index (χ4v) is 1.33. The highest BCUT2D eigenvalue weighted by Gasteiger charge is 2.21. The Labute approximate surface area is 96.5 Å². The van der Waals surface area contributed by atoms with Crippen LogP contribution in [0.15, 0.2) is 6.07 Å². The molecule has 5 nitrogen and oxygen atoms in total. The number of halogens is 2. The summed E-state index contributed by atoms with van der Waals surface area (Å²) in [5, 5.41) is 0. The number of methoxy groups -OCH3 is 2. The van der Waals surface area contributed by atoms with Gasteiger partial charge >= 0.3 is 5.97 Å². The molecule has 0 spiro atoms. The van der Waals surface area contributed by atoms with Crippen molar-refractivity contribution in [2.45, 2.75) is 12.8 Å². The fraction of sp³-hybridized carbons (Fsp3) is 0.400. The molecular weight excluding hydrogens is 234 g/mol. The van der Waals surface area contributed by atoms with E-state index in [9.17, 15) is 13.6 Å². The average Bonchev–Trinajstić information content (AvgIpc) is 2.27. The van der Waals surface area contributed by atoms with Crippen molar-refractivity contribution >= 4 is 11.8 Å². The lowest BCUT2D eigenvalue weighted by Crippen LogP contribution is -2.10. The molecule has 0 amide bonds. The maximum atomic E-state index is 12.8. The van der Waals surface area contributed by atoms with E-state index >= 15 is 0 Å². The number of ether oxygens (including phenoxy) is 2. The number of esters is 1. The van der Waals surface area contributed by atoms with E-state index in [0.29, 0.717) is 0 Å². The molecule has 7 heteroatoms. The van der Waals surface area contributed by atoms with E-state index in [4.69, 9.17) is 10.5 Å². The lowest BCUT2D eigenvalue weighted by atomic mass is 10.1. The van der Waals surface area contributed by atoms with Crippen LogP contribution in [0.1, 0.15) is 17.6 Å². The van der Waals surface area contributed by atoms with Gasteiger partial charge in [-0.2, -0.15) is 4.98 Å². The van der Waals surface area contributed by atoms with Gasteiger partial charge in [-0.05, 0) is 5.56 Å². The zero-order valence-corrected chi connectivity index (χ0v) is 9.37. The van der Waals surface area contributed by atoms with Crippen LogP contribution in [0.25, 0.3) is 0 Å². The lowest BCUT2D eigenvalue weighted by molar-refractivity contribution is -0.139. The largest absolute Gasteiger partial charge is 0.481 e. The Morgan fingerprint density at radius 1 is 1.53 bits per heavy atom. The molecule has 0 aliphatic carbocycles. The van der Waals surface area contributed by atoms with Crippen LogP contribution in [0.4, 0.5) is 14.6 Å². The first-order valence-electron chi connectivity index (χ1n) is 4.67. The van der Waals surface area contributed by atoms with Crippen LogP contribution in [0.2, 0.25) is 0 Å². The number of hydrogen-bond acceptors (Lipinski definition) is 5. The molecule has 94 valence electrons. The molecule has 0 aliphatic rings. The molecular formula is C10H12F2N2O3. The van der Waals surface area contributed by atoms with Gasteiger partial charge in [-0.15, -0.1) is 0 Å². The molecule has 0 aliphatic heterocycles. The van der Waals surface area contributed by atoms with Gasteiger partial charge in [-0.3, -0.25) is 4.79 Å². The predicted octanol–water partition coefficient (Wildman–Crippen LogP) is 1.33. The number of anilines is 1. The van der Waals surface area contributed by atoms with Crippen molar-refractivity contribution in [1.29, 1.82) is 0 Å². The number of nitrogens with two attached hydrogens (primary N) is 1. The summed E-state index contributed by atoms with van der Waals surface area (Å²) in [5.41, 5.74) is 4.98. The second-order valence-corrected chi connectivity index (χ2v) is 3.18. The zero-order chi connectivity index (χ0) is 13.0. The van der Waals surface area contributed by atoms with Gasteiger partial charge in [-0.1, -0.05) is 0 Å². The Balaban J connectivity index is 3.22. The zero-order valence-electron chi connectivity index (χ0n) is 9.37. The predicted molar refractivity (Wildman–Crippen MR) is 55.9 cm³/mol. The highest BCUT2D eigenvalue weighted by Crippen LogP contribution is 2.30. The number of alkyl halides is 2. The number of nitrogens with zero attached hydrogens (tertiary/aromatic N) is 1. The summed E-state index contributed by atoms with van der Waals surface area (Å²) in [5.74, 6) is -0.913. The van der Waals surface area contributed by atoms with E-state index < -0.39 is 18.0 Å². The Morgan fingerprint density at radius 3 is 2.65 bits per heavy atom. The average molecular weight is 246 g/mol. The van der Waals surface area contributed by atoms with Crippen molar-refractivity contribution in [3.63, 3.8) is 0 Å². The molecule has 0 bridgehead atoms. The van der Waals surface area contributed by atoms with Crippen LogP contribution in [0, 0.1) is 0 Å². The molecule has 0 saturated heterocycles. The van der Waals surface area contributed by atoms with Gasteiger partial charge in [0, 0.05) is 6.07 Å². The topological polar surface area (TPSA) is 74.4 Å². The first kappa shape index (κ1) is 13.1. The van der Waals surface area contributed by atoms with Crippen molar-refractivity contribution in [2.24, 2.45) is 0 Å². The molecule has 1 aromatic rings. The number of rotatable bonds is 4. The third-order valence-corrected chi connectivity index (χ3v) is 2.14. The lowest BCUT2D eigenvalue weighted by Gasteiger charge is -2.11. The van der Waals surface area contributed by atoms with E-state index in [1.165, 1.54) is 20.3 Å². The molecule has 0 saturated carbocycles. The van der Waals surface area contributed by atoms with Crippen LogP contribution in [0.3, 0.4) is 0 Å². The van der Waals surface area contributed by atoms with E-state index in [-0.39, 0.29) is 23.7 Å². The fourth-order valence-electron chi connectivity index (χ4n) is 1.33. The van der Waals surface area contributed by atoms with Gasteiger partial charge in [0.25, 0.3) is 6.43 Å². The van der Waals surface area contributed by atoms with Gasteiger partial charge in [-0.25, -0.2) is 8.78 Å².